The molecule has 26 heavy (non-hydrogen) atoms. The topological polar surface area (TPSA) is 67.4 Å². The largest absolute Gasteiger partial charge is 0.368 e. The molecule has 2 aromatic carbocycles. The Hall–Kier alpha value is -2.35. The van der Waals surface area contributed by atoms with Crippen LogP contribution in [0.1, 0.15) is 18.6 Å². The van der Waals surface area contributed by atoms with E-state index in [1.54, 1.807) is 0 Å². The number of morpholine rings is 1. The zero-order valence-corrected chi connectivity index (χ0v) is 15.3. The predicted molar refractivity (Wildman–Crippen MR) is 102 cm³/mol. The molecule has 1 aliphatic heterocycles. The van der Waals surface area contributed by atoms with Crippen LogP contribution in [0.4, 0.5) is 5.69 Å². The summed E-state index contributed by atoms with van der Waals surface area (Å²) < 4.78 is 14.5. The van der Waals surface area contributed by atoms with Crippen molar-refractivity contribution in [1.29, 1.82) is 0 Å². The minimum Gasteiger partial charge on any atom is -0.368 e. The molecule has 2 unspecified atom stereocenters. The Kier molecular flexibility index (Phi) is 4.92. The Morgan fingerprint density at radius 1 is 1.19 bits per heavy atom. The van der Waals surface area contributed by atoms with Gasteiger partial charge in [-0.15, -0.1) is 0 Å². The standard InChI is InChI=1S/C19H20N4O2S/c1-13-10-23(11-17(25-13)14-6-3-2-4-7-14)12-18(24)20-15-8-5-9-16-19(15)22-26-21-16/h2-9,13,17H,10-12H2,1H3,(H,20,24). The van der Waals surface area contributed by atoms with Crippen LogP contribution in [0.5, 0.6) is 0 Å². The van der Waals surface area contributed by atoms with Gasteiger partial charge in [-0.05, 0) is 24.6 Å². The van der Waals surface area contributed by atoms with Crippen LogP contribution in [-0.4, -0.2) is 45.3 Å². The van der Waals surface area contributed by atoms with Gasteiger partial charge in [0.05, 0.1) is 36.2 Å². The van der Waals surface area contributed by atoms with E-state index in [1.165, 1.54) is 0 Å². The number of carbonyl (C=O) groups excluding carboxylic acids is 1. The highest BCUT2D eigenvalue weighted by Crippen LogP contribution is 2.25. The van der Waals surface area contributed by atoms with Gasteiger partial charge in [0.1, 0.15) is 11.0 Å². The second-order valence-electron chi connectivity index (χ2n) is 6.53. The molecule has 2 heterocycles. The van der Waals surface area contributed by atoms with Crippen LogP contribution in [0.2, 0.25) is 0 Å². The van der Waals surface area contributed by atoms with E-state index in [2.05, 4.69) is 31.1 Å². The summed E-state index contributed by atoms with van der Waals surface area (Å²) in [7, 11) is 0. The number of benzene rings is 2. The summed E-state index contributed by atoms with van der Waals surface area (Å²) >= 11 is 1.15. The molecular weight excluding hydrogens is 348 g/mol. The van der Waals surface area contributed by atoms with Crippen molar-refractivity contribution < 1.29 is 9.53 Å². The predicted octanol–water partition coefficient (Wildman–Crippen LogP) is 3.09. The first-order valence-electron chi connectivity index (χ1n) is 8.63. The number of aromatic nitrogens is 2. The molecule has 0 spiro atoms. The van der Waals surface area contributed by atoms with Crippen LogP contribution in [0.3, 0.4) is 0 Å². The Morgan fingerprint density at radius 2 is 2.04 bits per heavy atom. The van der Waals surface area contributed by atoms with E-state index in [0.717, 1.165) is 34.9 Å². The lowest BCUT2D eigenvalue weighted by atomic mass is 10.1. The van der Waals surface area contributed by atoms with Gasteiger partial charge in [0.2, 0.25) is 5.91 Å². The van der Waals surface area contributed by atoms with Gasteiger partial charge in [-0.3, -0.25) is 9.69 Å². The van der Waals surface area contributed by atoms with E-state index in [0.29, 0.717) is 18.8 Å². The second-order valence-corrected chi connectivity index (χ2v) is 7.05. The highest BCUT2D eigenvalue weighted by atomic mass is 32.1. The summed E-state index contributed by atoms with van der Waals surface area (Å²) in [5.41, 5.74) is 3.39. The fourth-order valence-electron chi connectivity index (χ4n) is 3.32. The molecular formula is C19H20N4O2S. The molecule has 1 saturated heterocycles. The third-order valence-electron chi connectivity index (χ3n) is 4.43. The number of nitrogens with zero attached hydrogens (tertiary/aromatic N) is 3. The number of carbonyl (C=O) groups is 1. The van der Waals surface area contributed by atoms with Crippen molar-refractivity contribution in [2.45, 2.75) is 19.1 Å². The lowest BCUT2D eigenvalue weighted by Crippen LogP contribution is -2.46. The van der Waals surface area contributed by atoms with E-state index in [-0.39, 0.29) is 18.1 Å². The maximum atomic E-state index is 12.6. The van der Waals surface area contributed by atoms with Crippen LogP contribution < -0.4 is 5.32 Å². The third kappa shape index (κ3) is 3.75. The molecule has 0 radical (unpaired) electrons. The smallest absolute Gasteiger partial charge is 0.238 e. The SMILES string of the molecule is CC1CN(CC(=O)Nc2cccc3nsnc23)CC(c2ccccc2)O1. The lowest BCUT2D eigenvalue weighted by molar-refractivity contribution is -0.122. The molecule has 6 nitrogen and oxygen atoms in total. The van der Waals surface area contributed by atoms with Gasteiger partial charge < -0.3 is 10.1 Å². The van der Waals surface area contributed by atoms with Gasteiger partial charge >= 0.3 is 0 Å². The Morgan fingerprint density at radius 3 is 2.88 bits per heavy atom. The highest BCUT2D eigenvalue weighted by Gasteiger charge is 2.27. The average molecular weight is 368 g/mol. The van der Waals surface area contributed by atoms with Crippen molar-refractivity contribution in [3.8, 4) is 0 Å². The summed E-state index contributed by atoms with van der Waals surface area (Å²) in [5.74, 6) is -0.0496. The van der Waals surface area contributed by atoms with Gasteiger partial charge in [-0.1, -0.05) is 36.4 Å². The second kappa shape index (κ2) is 7.49. The van der Waals surface area contributed by atoms with Gasteiger partial charge in [-0.25, -0.2) is 0 Å². The normalized spacial score (nSPS) is 21.0. The molecule has 4 rings (SSSR count). The zero-order chi connectivity index (χ0) is 17.9. The highest BCUT2D eigenvalue weighted by molar-refractivity contribution is 7.00. The summed E-state index contributed by atoms with van der Waals surface area (Å²) in [6, 6.07) is 15.8. The van der Waals surface area contributed by atoms with Crippen molar-refractivity contribution in [3.63, 3.8) is 0 Å². The monoisotopic (exact) mass is 368 g/mol. The number of nitrogens with one attached hydrogen (secondary N) is 1. The number of hydrogen-bond acceptors (Lipinski definition) is 6. The van der Waals surface area contributed by atoms with Gasteiger partial charge in [0, 0.05) is 13.1 Å². The molecule has 1 N–H and O–H groups in total. The van der Waals surface area contributed by atoms with Crippen LogP contribution in [0.15, 0.2) is 48.5 Å². The maximum Gasteiger partial charge on any atom is 0.238 e. The minimum atomic E-state index is -0.0496. The lowest BCUT2D eigenvalue weighted by Gasteiger charge is -2.36. The first kappa shape index (κ1) is 17.1. The van der Waals surface area contributed by atoms with Crippen LogP contribution in [-0.2, 0) is 9.53 Å². The molecule has 0 aliphatic carbocycles. The molecule has 0 saturated carbocycles. The van der Waals surface area contributed by atoms with Crippen molar-refractivity contribution in [2.75, 3.05) is 25.0 Å². The van der Waals surface area contributed by atoms with Gasteiger partial charge in [0.25, 0.3) is 0 Å². The Balaban J connectivity index is 1.43. The fourth-order valence-corrected chi connectivity index (χ4v) is 3.87. The molecule has 1 aromatic heterocycles. The van der Waals surface area contributed by atoms with Crippen LogP contribution in [0, 0.1) is 0 Å². The van der Waals surface area contributed by atoms with Crippen LogP contribution in [0.25, 0.3) is 11.0 Å². The van der Waals surface area contributed by atoms with Crippen molar-refractivity contribution in [1.82, 2.24) is 13.6 Å². The van der Waals surface area contributed by atoms with E-state index in [1.807, 2.05) is 43.3 Å². The van der Waals surface area contributed by atoms with Crippen molar-refractivity contribution in [2.24, 2.45) is 0 Å². The number of ether oxygens (including phenoxy) is 1. The van der Waals surface area contributed by atoms with E-state index < -0.39 is 0 Å². The summed E-state index contributed by atoms with van der Waals surface area (Å²) in [4.78, 5) is 14.7. The Labute approximate surface area is 156 Å². The first-order chi connectivity index (χ1) is 12.7. The zero-order valence-electron chi connectivity index (χ0n) is 14.5. The fraction of sp³-hybridized carbons (Fsp3) is 0.316. The Bertz CT molecular complexity index is 899. The quantitative estimate of drug-likeness (QED) is 0.766. The maximum absolute atomic E-state index is 12.6. The third-order valence-corrected chi connectivity index (χ3v) is 4.98. The molecule has 134 valence electrons. The summed E-state index contributed by atoms with van der Waals surface area (Å²) in [5, 5.41) is 2.97. The van der Waals surface area contributed by atoms with Crippen LogP contribution >= 0.6 is 11.7 Å². The van der Waals surface area contributed by atoms with Gasteiger partial charge in [-0.2, -0.15) is 8.75 Å². The summed E-state index contributed by atoms with van der Waals surface area (Å²) in [6.07, 6.45) is 0.0619. The average Bonchev–Trinajstić information content (AvgIpc) is 3.12. The van der Waals surface area contributed by atoms with Crippen molar-refractivity contribution in [3.05, 3.63) is 54.1 Å². The van der Waals surface area contributed by atoms with Crippen molar-refractivity contribution >= 4 is 34.4 Å². The van der Waals surface area contributed by atoms with E-state index in [9.17, 15) is 4.79 Å². The number of amides is 1. The molecule has 1 aliphatic rings. The molecule has 2 atom stereocenters. The number of anilines is 1. The number of rotatable bonds is 4. The van der Waals surface area contributed by atoms with E-state index in [4.69, 9.17) is 4.74 Å². The number of hydrogen-bond donors (Lipinski definition) is 1. The van der Waals surface area contributed by atoms with Gasteiger partial charge in [0.15, 0.2) is 0 Å². The number of fused-ring (bicyclic) bond motifs is 1. The molecule has 1 fully saturated rings. The molecule has 3 aromatic rings. The molecule has 7 heteroatoms. The van der Waals surface area contributed by atoms with E-state index >= 15 is 0 Å². The first-order valence-corrected chi connectivity index (χ1v) is 9.36. The molecule has 0 bridgehead atoms. The minimum absolute atomic E-state index is 0.0149. The summed E-state index contributed by atoms with van der Waals surface area (Å²) in [6.45, 7) is 3.80. The molecule has 1 amide bonds.